The van der Waals surface area contributed by atoms with Crippen LogP contribution < -0.4 is 0 Å². The molecular formula is C26H36O5. The maximum Gasteiger partial charge on any atom is 0.176 e. The molecule has 0 aromatic heterocycles. The van der Waals surface area contributed by atoms with E-state index in [-0.39, 0.29) is 24.4 Å². The summed E-state index contributed by atoms with van der Waals surface area (Å²) in [6, 6.07) is 4.29. The molecule has 2 saturated heterocycles. The van der Waals surface area contributed by atoms with Gasteiger partial charge in [-0.1, -0.05) is 31.5 Å². The van der Waals surface area contributed by atoms with Crippen molar-refractivity contribution in [2.24, 2.45) is 10.8 Å². The SMILES string of the molecule is CCOCOC[C@]12CC[C@H](O1)[C@]1(C)C(=O)C(c3c(CC)cc(C)cc3CC)=C(O)[C@]21C. The Bertz CT molecular complexity index is 909. The summed E-state index contributed by atoms with van der Waals surface area (Å²) in [5.74, 6) is 0.188. The van der Waals surface area contributed by atoms with Crippen LogP contribution in [0.15, 0.2) is 17.9 Å². The largest absolute Gasteiger partial charge is 0.511 e. The number of hydrogen-bond acceptors (Lipinski definition) is 5. The minimum absolute atomic E-state index is 0.0112. The molecule has 5 heteroatoms. The monoisotopic (exact) mass is 428 g/mol. The van der Waals surface area contributed by atoms with Crippen molar-refractivity contribution in [3.05, 3.63) is 40.1 Å². The van der Waals surface area contributed by atoms with Crippen LogP contribution in [-0.4, -0.2) is 42.6 Å². The molecule has 5 nitrogen and oxygen atoms in total. The minimum Gasteiger partial charge on any atom is -0.511 e. The maximum atomic E-state index is 14.1. The smallest absolute Gasteiger partial charge is 0.176 e. The maximum absolute atomic E-state index is 14.1. The van der Waals surface area contributed by atoms with Crippen molar-refractivity contribution in [1.82, 2.24) is 0 Å². The highest BCUT2D eigenvalue weighted by atomic mass is 16.7. The molecule has 2 fully saturated rings. The molecule has 2 heterocycles. The van der Waals surface area contributed by atoms with Crippen LogP contribution in [0.2, 0.25) is 0 Å². The Labute approximate surface area is 185 Å². The summed E-state index contributed by atoms with van der Waals surface area (Å²) in [7, 11) is 0. The molecule has 0 spiro atoms. The van der Waals surface area contributed by atoms with Gasteiger partial charge in [-0.2, -0.15) is 0 Å². The first-order chi connectivity index (χ1) is 14.7. The summed E-state index contributed by atoms with van der Waals surface area (Å²) >= 11 is 0. The predicted octanol–water partition coefficient (Wildman–Crippen LogP) is 4.93. The fraction of sp³-hybridized carbons (Fsp3) is 0.654. The topological polar surface area (TPSA) is 65.0 Å². The van der Waals surface area contributed by atoms with Crippen LogP contribution in [-0.2, 0) is 31.8 Å². The highest BCUT2D eigenvalue weighted by Gasteiger charge is 2.79. The van der Waals surface area contributed by atoms with Crippen molar-refractivity contribution in [2.75, 3.05) is 20.0 Å². The summed E-state index contributed by atoms with van der Waals surface area (Å²) in [6.07, 6.45) is 2.95. The highest BCUT2D eigenvalue weighted by molar-refractivity contribution is 6.28. The summed E-state index contributed by atoms with van der Waals surface area (Å²) in [4.78, 5) is 14.1. The van der Waals surface area contributed by atoms with Crippen molar-refractivity contribution in [3.63, 3.8) is 0 Å². The number of ketones is 1. The van der Waals surface area contributed by atoms with Crippen molar-refractivity contribution >= 4 is 11.4 Å². The molecule has 1 aliphatic carbocycles. The Morgan fingerprint density at radius 2 is 1.77 bits per heavy atom. The van der Waals surface area contributed by atoms with Crippen LogP contribution in [0.1, 0.15) is 69.7 Å². The van der Waals surface area contributed by atoms with Gasteiger partial charge in [-0.05, 0) is 70.1 Å². The van der Waals surface area contributed by atoms with E-state index in [1.165, 1.54) is 5.56 Å². The number of Topliss-reactive ketones (excluding diaryl/α,β-unsaturated/α-hetero) is 1. The average molecular weight is 429 g/mol. The van der Waals surface area contributed by atoms with Gasteiger partial charge in [-0.3, -0.25) is 4.79 Å². The van der Waals surface area contributed by atoms with E-state index in [9.17, 15) is 9.90 Å². The molecule has 1 N–H and O–H groups in total. The van der Waals surface area contributed by atoms with Gasteiger partial charge in [-0.15, -0.1) is 0 Å². The Morgan fingerprint density at radius 3 is 2.35 bits per heavy atom. The number of carbonyl (C=O) groups excluding carboxylic acids is 1. The van der Waals surface area contributed by atoms with Gasteiger partial charge in [0.1, 0.15) is 18.2 Å². The second kappa shape index (κ2) is 7.72. The van der Waals surface area contributed by atoms with E-state index in [1.54, 1.807) is 0 Å². The Morgan fingerprint density at radius 1 is 1.13 bits per heavy atom. The first kappa shape index (κ1) is 22.5. The predicted molar refractivity (Wildman–Crippen MR) is 120 cm³/mol. The summed E-state index contributed by atoms with van der Waals surface area (Å²) < 4.78 is 17.7. The minimum atomic E-state index is -0.831. The van der Waals surface area contributed by atoms with Gasteiger partial charge in [0.05, 0.1) is 29.1 Å². The van der Waals surface area contributed by atoms with Gasteiger partial charge >= 0.3 is 0 Å². The van der Waals surface area contributed by atoms with Crippen molar-refractivity contribution < 1.29 is 24.1 Å². The number of aliphatic hydroxyl groups excluding tert-OH is 1. The summed E-state index contributed by atoms with van der Waals surface area (Å²) in [6.45, 7) is 13.3. The van der Waals surface area contributed by atoms with Crippen LogP contribution >= 0.6 is 0 Å². The van der Waals surface area contributed by atoms with Gasteiger partial charge in [0, 0.05) is 6.61 Å². The molecule has 1 aromatic rings. The number of aryl methyl sites for hydroxylation is 3. The van der Waals surface area contributed by atoms with Gasteiger partial charge in [0.15, 0.2) is 5.78 Å². The Kier molecular flexibility index (Phi) is 5.60. The number of aliphatic hydroxyl groups is 1. The normalized spacial score (nSPS) is 34.1. The number of carbonyl (C=O) groups is 1. The lowest BCUT2D eigenvalue weighted by Crippen LogP contribution is -2.56. The number of allylic oxidation sites excluding steroid dienone is 1. The van der Waals surface area contributed by atoms with E-state index >= 15 is 0 Å². The lowest BCUT2D eigenvalue weighted by molar-refractivity contribution is -0.142. The molecular weight excluding hydrogens is 392 g/mol. The molecule has 1 aromatic carbocycles. The molecule has 31 heavy (non-hydrogen) atoms. The number of ether oxygens (including phenoxy) is 3. The first-order valence-corrected chi connectivity index (χ1v) is 11.7. The van der Waals surface area contributed by atoms with E-state index in [1.807, 2.05) is 20.8 Å². The highest BCUT2D eigenvalue weighted by Crippen LogP contribution is 2.72. The fourth-order valence-corrected chi connectivity index (χ4v) is 6.43. The van der Waals surface area contributed by atoms with Gasteiger partial charge in [-0.25, -0.2) is 0 Å². The fourth-order valence-electron chi connectivity index (χ4n) is 6.43. The van der Waals surface area contributed by atoms with Gasteiger partial charge in [0.25, 0.3) is 0 Å². The van der Waals surface area contributed by atoms with Crippen molar-refractivity contribution in [3.8, 4) is 0 Å². The number of rotatable bonds is 8. The lowest BCUT2D eigenvalue weighted by Gasteiger charge is -2.46. The van der Waals surface area contributed by atoms with E-state index < -0.39 is 16.4 Å². The van der Waals surface area contributed by atoms with Crippen LogP contribution in [0.25, 0.3) is 5.57 Å². The van der Waals surface area contributed by atoms with Gasteiger partial charge < -0.3 is 19.3 Å². The van der Waals surface area contributed by atoms with E-state index in [4.69, 9.17) is 14.2 Å². The van der Waals surface area contributed by atoms with Crippen molar-refractivity contribution in [2.45, 2.75) is 78.9 Å². The Hall–Kier alpha value is -1.69. The molecule has 4 rings (SSSR count). The molecule has 0 radical (unpaired) electrons. The van der Waals surface area contributed by atoms with Crippen LogP contribution in [0.4, 0.5) is 0 Å². The first-order valence-electron chi connectivity index (χ1n) is 11.7. The second-order valence-electron chi connectivity index (χ2n) is 9.64. The van der Waals surface area contributed by atoms with Crippen LogP contribution in [0.5, 0.6) is 0 Å². The molecule has 0 amide bonds. The van der Waals surface area contributed by atoms with E-state index in [0.717, 1.165) is 42.4 Å². The molecule has 0 unspecified atom stereocenters. The lowest BCUT2D eigenvalue weighted by atomic mass is 9.54. The van der Waals surface area contributed by atoms with Crippen LogP contribution in [0.3, 0.4) is 0 Å². The number of benzene rings is 1. The number of fused-ring (bicyclic) bond motifs is 5. The zero-order valence-corrected chi connectivity index (χ0v) is 19.8. The van der Waals surface area contributed by atoms with Crippen molar-refractivity contribution in [1.29, 1.82) is 0 Å². The molecule has 3 aliphatic rings. The third-order valence-corrected chi connectivity index (χ3v) is 8.35. The zero-order chi connectivity index (χ0) is 22.6. The molecule has 170 valence electrons. The Balaban J connectivity index is 1.87. The molecule has 2 aliphatic heterocycles. The van der Waals surface area contributed by atoms with E-state index in [0.29, 0.717) is 18.8 Å². The van der Waals surface area contributed by atoms with Gasteiger partial charge in [0.2, 0.25) is 0 Å². The van der Waals surface area contributed by atoms with Crippen LogP contribution in [0, 0.1) is 17.8 Å². The summed E-state index contributed by atoms with van der Waals surface area (Å²) in [5.41, 5.74) is 2.49. The third-order valence-electron chi connectivity index (χ3n) is 8.35. The quantitative estimate of drug-likeness (QED) is 0.470. The molecule has 2 bridgehead atoms. The number of hydrogen-bond donors (Lipinski definition) is 1. The molecule has 0 saturated carbocycles. The molecule has 4 atom stereocenters. The standard InChI is InChI=1S/C26H36O5/c1-7-17-12-16(4)13-18(8-2)20(17)21-22(27)24(5)19-10-11-26(31-19,14-30-15-29-9-3)25(24,6)23(21)28/h12-13,19,28H,7-11,14-15H2,1-6H3/t19-,24+,25-,26-/m0/s1. The second-order valence-corrected chi connectivity index (χ2v) is 9.64. The van der Waals surface area contributed by atoms with E-state index in [2.05, 4.69) is 32.9 Å². The third kappa shape index (κ3) is 2.76. The summed E-state index contributed by atoms with van der Waals surface area (Å²) in [5, 5.41) is 11.8. The average Bonchev–Trinajstić information content (AvgIpc) is 3.32. The zero-order valence-electron chi connectivity index (χ0n) is 19.8.